The molecular formula is C16H14BrN3O5. The predicted octanol–water partition coefficient (Wildman–Crippen LogP) is 3.23. The molecule has 0 atom stereocenters. The van der Waals surface area contributed by atoms with Crippen LogP contribution >= 0.6 is 15.9 Å². The Hall–Kier alpha value is -2.94. The Labute approximate surface area is 151 Å². The van der Waals surface area contributed by atoms with E-state index in [2.05, 4.69) is 26.5 Å². The maximum absolute atomic E-state index is 11.9. The number of nitrogens with zero attached hydrogens (tertiary/aromatic N) is 2. The van der Waals surface area contributed by atoms with Crippen LogP contribution in [0.2, 0.25) is 0 Å². The molecule has 0 aliphatic heterocycles. The smallest absolute Gasteiger partial charge is 0.315 e. The van der Waals surface area contributed by atoms with Gasteiger partial charge in [-0.1, -0.05) is 15.9 Å². The minimum Gasteiger partial charge on any atom is -0.500 e. The summed E-state index contributed by atoms with van der Waals surface area (Å²) in [5.41, 5.74) is 2.52. The lowest BCUT2D eigenvalue weighted by molar-refractivity contribution is -0.386. The Morgan fingerprint density at radius 2 is 2.08 bits per heavy atom. The number of nitro benzene ring substituents is 1. The van der Waals surface area contributed by atoms with Crippen molar-refractivity contribution in [3.05, 3.63) is 62.1 Å². The number of hydrogen-bond donors (Lipinski definition) is 2. The molecule has 0 unspecified atom stereocenters. The van der Waals surface area contributed by atoms with E-state index >= 15 is 0 Å². The van der Waals surface area contributed by atoms with E-state index in [1.165, 1.54) is 12.3 Å². The SMILES string of the molecule is CCOc1cc(C=NNC(=O)c2ccc(Br)cc2)cc([N+](=O)[O-])c1O. The highest BCUT2D eigenvalue weighted by Gasteiger charge is 2.19. The number of rotatable bonds is 6. The lowest BCUT2D eigenvalue weighted by atomic mass is 10.2. The summed E-state index contributed by atoms with van der Waals surface area (Å²) in [5, 5.41) is 24.6. The van der Waals surface area contributed by atoms with E-state index in [1.54, 1.807) is 31.2 Å². The van der Waals surface area contributed by atoms with Crippen LogP contribution in [0.25, 0.3) is 0 Å². The van der Waals surface area contributed by atoms with E-state index in [-0.39, 0.29) is 12.4 Å². The highest BCUT2D eigenvalue weighted by molar-refractivity contribution is 9.10. The monoisotopic (exact) mass is 407 g/mol. The lowest BCUT2D eigenvalue weighted by Crippen LogP contribution is -2.17. The van der Waals surface area contributed by atoms with E-state index in [0.29, 0.717) is 11.1 Å². The summed E-state index contributed by atoms with van der Waals surface area (Å²) >= 11 is 3.27. The van der Waals surface area contributed by atoms with Crippen molar-refractivity contribution in [1.82, 2.24) is 5.43 Å². The molecule has 0 saturated carbocycles. The van der Waals surface area contributed by atoms with E-state index < -0.39 is 22.3 Å². The largest absolute Gasteiger partial charge is 0.500 e. The third-order valence-electron chi connectivity index (χ3n) is 3.06. The molecule has 0 spiro atoms. The first kappa shape index (κ1) is 18.4. The number of phenols is 1. The van der Waals surface area contributed by atoms with Crippen LogP contribution in [0.15, 0.2) is 46.0 Å². The normalized spacial score (nSPS) is 10.6. The van der Waals surface area contributed by atoms with Crippen LogP contribution in [0.5, 0.6) is 11.5 Å². The van der Waals surface area contributed by atoms with E-state index in [1.807, 2.05) is 0 Å². The summed E-state index contributed by atoms with van der Waals surface area (Å²) in [6, 6.07) is 9.20. The van der Waals surface area contributed by atoms with Crippen LogP contribution < -0.4 is 10.2 Å². The Balaban J connectivity index is 2.18. The van der Waals surface area contributed by atoms with Crippen molar-refractivity contribution in [3.8, 4) is 11.5 Å². The summed E-state index contributed by atoms with van der Waals surface area (Å²) < 4.78 is 6.01. The van der Waals surface area contributed by atoms with Crippen LogP contribution in [0.1, 0.15) is 22.8 Å². The van der Waals surface area contributed by atoms with Gasteiger partial charge in [0.25, 0.3) is 5.91 Å². The molecule has 2 aromatic rings. The first-order chi connectivity index (χ1) is 11.9. The van der Waals surface area contributed by atoms with Crippen molar-refractivity contribution >= 4 is 33.7 Å². The average molecular weight is 408 g/mol. The van der Waals surface area contributed by atoms with Gasteiger partial charge in [0.05, 0.1) is 17.7 Å². The topological polar surface area (TPSA) is 114 Å². The number of halogens is 1. The molecule has 8 nitrogen and oxygen atoms in total. The molecule has 0 aliphatic carbocycles. The van der Waals surface area contributed by atoms with Crippen LogP contribution in [0.3, 0.4) is 0 Å². The quantitative estimate of drug-likeness (QED) is 0.433. The number of amides is 1. The molecule has 2 aromatic carbocycles. The summed E-state index contributed by atoms with van der Waals surface area (Å²) in [6.45, 7) is 1.91. The lowest BCUT2D eigenvalue weighted by Gasteiger charge is -2.07. The Morgan fingerprint density at radius 3 is 2.68 bits per heavy atom. The summed E-state index contributed by atoms with van der Waals surface area (Å²) in [4.78, 5) is 22.2. The standard InChI is InChI=1S/C16H14BrN3O5/c1-2-25-14-8-10(7-13(15(14)21)20(23)24)9-18-19-16(22)11-3-5-12(17)6-4-11/h3-9,21H,2H2,1H3,(H,19,22). The molecule has 25 heavy (non-hydrogen) atoms. The van der Waals surface area contributed by atoms with Gasteiger partial charge in [0.2, 0.25) is 5.75 Å². The van der Waals surface area contributed by atoms with Crippen molar-refractivity contribution < 1.29 is 19.6 Å². The van der Waals surface area contributed by atoms with Gasteiger partial charge in [-0.05, 0) is 37.3 Å². The minimum absolute atomic E-state index is 0.0302. The molecule has 0 aromatic heterocycles. The summed E-state index contributed by atoms with van der Waals surface area (Å²) in [5.74, 6) is -1.01. The number of benzene rings is 2. The van der Waals surface area contributed by atoms with Crippen LogP contribution in [-0.4, -0.2) is 28.8 Å². The van der Waals surface area contributed by atoms with Crippen molar-refractivity contribution in [2.45, 2.75) is 6.92 Å². The van der Waals surface area contributed by atoms with Crippen LogP contribution in [0.4, 0.5) is 5.69 Å². The van der Waals surface area contributed by atoms with E-state index in [9.17, 15) is 20.0 Å². The number of carbonyl (C=O) groups excluding carboxylic acids is 1. The fraction of sp³-hybridized carbons (Fsp3) is 0.125. The van der Waals surface area contributed by atoms with Gasteiger partial charge in [-0.2, -0.15) is 5.10 Å². The number of hydrazone groups is 1. The Morgan fingerprint density at radius 1 is 1.40 bits per heavy atom. The first-order valence-corrected chi connectivity index (χ1v) is 7.94. The van der Waals surface area contributed by atoms with Gasteiger partial charge in [-0.3, -0.25) is 14.9 Å². The number of hydrogen-bond acceptors (Lipinski definition) is 6. The molecule has 130 valence electrons. The van der Waals surface area contributed by atoms with Crippen LogP contribution in [-0.2, 0) is 0 Å². The molecule has 0 radical (unpaired) electrons. The third kappa shape index (κ3) is 4.77. The number of carbonyl (C=O) groups is 1. The first-order valence-electron chi connectivity index (χ1n) is 7.15. The zero-order chi connectivity index (χ0) is 18.4. The van der Waals surface area contributed by atoms with Crippen LogP contribution in [0, 0.1) is 10.1 Å². The van der Waals surface area contributed by atoms with Crippen molar-refractivity contribution in [2.24, 2.45) is 5.10 Å². The Bertz CT molecular complexity index is 821. The summed E-state index contributed by atoms with van der Waals surface area (Å²) in [6.07, 6.45) is 1.23. The van der Waals surface area contributed by atoms with Gasteiger partial charge in [0, 0.05) is 21.7 Å². The Kier molecular flexibility index (Phi) is 6.07. The fourth-order valence-corrected chi connectivity index (χ4v) is 2.19. The molecule has 0 saturated heterocycles. The highest BCUT2D eigenvalue weighted by atomic mass is 79.9. The second-order valence-electron chi connectivity index (χ2n) is 4.78. The van der Waals surface area contributed by atoms with Crippen molar-refractivity contribution in [2.75, 3.05) is 6.61 Å². The van der Waals surface area contributed by atoms with E-state index in [4.69, 9.17) is 4.74 Å². The molecule has 1 amide bonds. The minimum atomic E-state index is -0.727. The van der Waals surface area contributed by atoms with Gasteiger partial charge in [-0.25, -0.2) is 5.43 Å². The zero-order valence-electron chi connectivity index (χ0n) is 13.1. The molecule has 0 bridgehead atoms. The van der Waals surface area contributed by atoms with Gasteiger partial charge in [0.15, 0.2) is 5.75 Å². The molecular weight excluding hydrogens is 394 g/mol. The molecule has 9 heteroatoms. The maximum Gasteiger partial charge on any atom is 0.315 e. The van der Waals surface area contributed by atoms with Gasteiger partial charge in [-0.15, -0.1) is 0 Å². The maximum atomic E-state index is 11.9. The summed E-state index contributed by atoms with van der Waals surface area (Å²) in [7, 11) is 0. The average Bonchev–Trinajstić information content (AvgIpc) is 2.58. The molecule has 0 heterocycles. The zero-order valence-corrected chi connectivity index (χ0v) is 14.7. The molecule has 2 N–H and O–H groups in total. The van der Waals surface area contributed by atoms with Gasteiger partial charge >= 0.3 is 5.69 Å². The number of ether oxygens (including phenoxy) is 1. The number of aromatic hydroxyl groups is 1. The molecule has 0 aliphatic rings. The second kappa shape index (κ2) is 8.25. The second-order valence-corrected chi connectivity index (χ2v) is 5.70. The van der Waals surface area contributed by atoms with Gasteiger partial charge in [0.1, 0.15) is 0 Å². The number of nitrogens with one attached hydrogen (secondary N) is 1. The van der Waals surface area contributed by atoms with Crippen molar-refractivity contribution in [1.29, 1.82) is 0 Å². The van der Waals surface area contributed by atoms with E-state index in [0.717, 1.165) is 10.5 Å². The molecule has 0 fully saturated rings. The fourth-order valence-electron chi connectivity index (χ4n) is 1.92. The van der Waals surface area contributed by atoms with Gasteiger partial charge < -0.3 is 9.84 Å². The number of nitro groups is 1. The number of phenolic OH excluding ortho intramolecular Hbond substituents is 1. The van der Waals surface area contributed by atoms with Crippen molar-refractivity contribution in [3.63, 3.8) is 0 Å². The predicted molar refractivity (Wildman–Crippen MR) is 95.1 cm³/mol. The highest BCUT2D eigenvalue weighted by Crippen LogP contribution is 2.36. The molecule has 2 rings (SSSR count). The third-order valence-corrected chi connectivity index (χ3v) is 3.59.